The average Bonchev–Trinajstić information content (AvgIpc) is 2.66. The molecule has 0 saturated carbocycles. The Balaban J connectivity index is 1.90. The maximum atomic E-state index is 9.71. The lowest BCUT2D eigenvalue weighted by atomic mass is 10.1. The van der Waals surface area contributed by atoms with Crippen LogP contribution in [-0.4, -0.2) is 28.9 Å². The number of fused-ring (bicyclic) bond motifs is 1. The molecule has 1 aromatic heterocycles. The van der Waals surface area contributed by atoms with Gasteiger partial charge in [-0.05, 0) is 37.2 Å². The van der Waals surface area contributed by atoms with Crippen LogP contribution in [0.25, 0.3) is 11.1 Å². The number of aromatic nitrogens is 1. The van der Waals surface area contributed by atoms with E-state index in [4.69, 9.17) is 16.6 Å². The van der Waals surface area contributed by atoms with Gasteiger partial charge in [-0.1, -0.05) is 12.1 Å². The van der Waals surface area contributed by atoms with Crippen molar-refractivity contribution in [2.24, 2.45) is 0 Å². The van der Waals surface area contributed by atoms with Gasteiger partial charge in [0.1, 0.15) is 12.6 Å². The Hall–Kier alpha value is -1.17. The summed E-state index contributed by atoms with van der Waals surface area (Å²) in [5, 5.41) is 9.71. The van der Waals surface area contributed by atoms with Gasteiger partial charge >= 0.3 is 0 Å². The number of quaternary nitrogens is 1. The SMILES string of the molecule is O[C@H]1CCC[NH+](Cn2c(=S)oc3ccccc32)C1. The lowest BCUT2D eigenvalue weighted by Crippen LogP contribution is -3.13. The van der Waals surface area contributed by atoms with Gasteiger partial charge in [-0.25, -0.2) is 0 Å². The lowest BCUT2D eigenvalue weighted by Gasteiger charge is -2.27. The highest BCUT2D eigenvalue weighted by atomic mass is 32.1. The second-order valence-corrected chi connectivity index (χ2v) is 5.27. The monoisotopic (exact) mass is 265 g/mol. The summed E-state index contributed by atoms with van der Waals surface area (Å²) >= 11 is 5.27. The smallest absolute Gasteiger partial charge is 0.274 e. The minimum Gasteiger partial charge on any atom is -0.429 e. The number of hydrogen-bond donors (Lipinski definition) is 2. The van der Waals surface area contributed by atoms with E-state index in [0.717, 1.165) is 43.7 Å². The first-order valence-electron chi connectivity index (χ1n) is 6.34. The minimum absolute atomic E-state index is 0.180. The molecule has 2 aromatic rings. The number of nitrogens with zero attached hydrogens (tertiary/aromatic N) is 1. The second kappa shape index (κ2) is 4.84. The zero-order valence-corrected chi connectivity index (χ0v) is 10.9. The average molecular weight is 265 g/mol. The number of hydrogen-bond acceptors (Lipinski definition) is 3. The maximum absolute atomic E-state index is 9.71. The molecule has 2 N–H and O–H groups in total. The van der Waals surface area contributed by atoms with E-state index in [9.17, 15) is 5.11 Å². The molecule has 1 aliphatic heterocycles. The number of piperidine rings is 1. The molecule has 0 radical (unpaired) electrons. The van der Waals surface area contributed by atoms with Crippen molar-refractivity contribution in [1.82, 2.24) is 4.57 Å². The number of aliphatic hydroxyl groups is 1. The second-order valence-electron chi connectivity index (χ2n) is 4.92. The fourth-order valence-corrected chi connectivity index (χ4v) is 2.91. The van der Waals surface area contributed by atoms with Crippen LogP contribution in [0.5, 0.6) is 0 Å². The summed E-state index contributed by atoms with van der Waals surface area (Å²) in [6, 6.07) is 7.89. The molecule has 0 amide bonds. The predicted octanol–water partition coefficient (Wildman–Crippen LogP) is 0.961. The number of oxazole rings is 1. The summed E-state index contributed by atoms with van der Waals surface area (Å²) in [5.41, 5.74) is 1.87. The van der Waals surface area contributed by atoms with Crippen molar-refractivity contribution in [2.75, 3.05) is 13.1 Å². The van der Waals surface area contributed by atoms with Crippen molar-refractivity contribution < 1.29 is 14.4 Å². The lowest BCUT2D eigenvalue weighted by molar-refractivity contribution is -0.930. The molecule has 0 spiro atoms. The standard InChI is InChI=1S/C13H16N2O2S/c16-10-4-3-7-14(8-10)9-15-11-5-1-2-6-12(11)17-13(15)18/h1-2,5-6,10,16H,3-4,7-9H2/p+1/t10-/m0/s1. The Morgan fingerprint density at radius 1 is 1.44 bits per heavy atom. The van der Waals surface area contributed by atoms with Crippen LogP contribution in [0.2, 0.25) is 0 Å². The minimum atomic E-state index is -0.180. The van der Waals surface area contributed by atoms with Crippen LogP contribution in [0.1, 0.15) is 12.8 Å². The number of benzene rings is 1. The van der Waals surface area contributed by atoms with Gasteiger partial charge in [0.25, 0.3) is 4.84 Å². The van der Waals surface area contributed by atoms with E-state index in [-0.39, 0.29) is 6.10 Å². The van der Waals surface area contributed by atoms with Crippen LogP contribution in [0, 0.1) is 4.84 Å². The van der Waals surface area contributed by atoms with Crippen molar-refractivity contribution in [3.63, 3.8) is 0 Å². The van der Waals surface area contributed by atoms with Gasteiger partial charge < -0.3 is 14.4 Å². The van der Waals surface area contributed by atoms with Crippen LogP contribution < -0.4 is 4.90 Å². The molecule has 0 aliphatic carbocycles. The summed E-state index contributed by atoms with van der Waals surface area (Å²) in [6.45, 7) is 2.65. The topological polar surface area (TPSA) is 42.7 Å². The van der Waals surface area contributed by atoms with E-state index in [1.807, 2.05) is 28.8 Å². The normalized spacial score (nSPS) is 24.5. The molecule has 3 rings (SSSR count). The van der Waals surface area contributed by atoms with Crippen LogP contribution in [-0.2, 0) is 6.67 Å². The van der Waals surface area contributed by atoms with E-state index < -0.39 is 0 Å². The molecule has 2 heterocycles. The van der Waals surface area contributed by atoms with Gasteiger partial charge in [0.15, 0.2) is 12.3 Å². The molecule has 4 nitrogen and oxygen atoms in total. The zero-order valence-electron chi connectivity index (χ0n) is 10.1. The fraction of sp³-hybridized carbons (Fsp3) is 0.462. The Kier molecular flexibility index (Phi) is 3.20. The molecular formula is C13H17N2O2S+. The van der Waals surface area contributed by atoms with E-state index in [1.54, 1.807) is 0 Å². The highest BCUT2D eigenvalue weighted by Gasteiger charge is 2.22. The summed E-state index contributed by atoms with van der Waals surface area (Å²) in [5.74, 6) is 0. The quantitative estimate of drug-likeness (QED) is 0.795. The Morgan fingerprint density at radius 2 is 2.28 bits per heavy atom. The highest BCUT2D eigenvalue weighted by molar-refractivity contribution is 7.71. The summed E-state index contributed by atoms with van der Waals surface area (Å²) < 4.78 is 7.60. The van der Waals surface area contributed by atoms with Gasteiger partial charge in [-0.15, -0.1) is 0 Å². The fourth-order valence-electron chi connectivity index (χ4n) is 2.66. The summed E-state index contributed by atoms with van der Waals surface area (Å²) in [4.78, 5) is 1.88. The molecular weight excluding hydrogens is 248 g/mol. The third-order valence-corrected chi connectivity index (χ3v) is 3.85. The Labute approximate surface area is 110 Å². The van der Waals surface area contributed by atoms with E-state index in [0.29, 0.717) is 4.84 Å². The van der Waals surface area contributed by atoms with Crippen molar-refractivity contribution in [1.29, 1.82) is 0 Å². The largest absolute Gasteiger partial charge is 0.429 e. The number of aliphatic hydroxyl groups excluding tert-OH is 1. The molecule has 1 unspecified atom stereocenters. The van der Waals surface area contributed by atoms with Crippen molar-refractivity contribution in [3.8, 4) is 0 Å². The molecule has 1 aromatic carbocycles. The third kappa shape index (κ3) is 2.21. The van der Waals surface area contributed by atoms with Gasteiger partial charge in [-0.3, -0.25) is 4.57 Å². The first-order valence-corrected chi connectivity index (χ1v) is 6.75. The molecule has 96 valence electrons. The molecule has 0 bridgehead atoms. The Bertz CT molecular complexity index is 604. The summed E-state index contributed by atoms with van der Waals surface area (Å²) in [6.07, 6.45) is 1.81. The summed E-state index contributed by atoms with van der Waals surface area (Å²) in [7, 11) is 0. The molecule has 1 saturated heterocycles. The highest BCUT2D eigenvalue weighted by Crippen LogP contribution is 2.15. The van der Waals surface area contributed by atoms with Crippen molar-refractivity contribution in [3.05, 3.63) is 29.1 Å². The van der Waals surface area contributed by atoms with E-state index in [1.165, 1.54) is 4.90 Å². The van der Waals surface area contributed by atoms with Gasteiger partial charge in [0, 0.05) is 0 Å². The van der Waals surface area contributed by atoms with Gasteiger partial charge in [0.2, 0.25) is 0 Å². The van der Waals surface area contributed by atoms with Crippen LogP contribution in [0.4, 0.5) is 0 Å². The van der Waals surface area contributed by atoms with Gasteiger partial charge in [0.05, 0.1) is 12.1 Å². The molecule has 1 aliphatic rings. The zero-order chi connectivity index (χ0) is 12.5. The third-order valence-electron chi connectivity index (χ3n) is 3.55. The molecule has 2 atom stereocenters. The van der Waals surface area contributed by atoms with Crippen LogP contribution in [0.15, 0.2) is 28.7 Å². The first kappa shape index (κ1) is 11.9. The maximum Gasteiger partial charge on any atom is 0.274 e. The number of likely N-dealkylation sites (tertiary alicyclic amines) is 1. The number of nitrogens with one attached hydrogen (secondary N) is 1. The predicted molar refractivity (Wildman–Crippen MR) is 71.0 cm³/mol. The first-order chi connectivity index (χ1) is 8.74. The molecule has 5 heteroatoms. The number of rotatable bonds is 2. The van der Waals surface area contributed by atoms with E-state index in [2.05, 4.69) is 0 Å². The van der Waals surface area contributed by atoms with Crippen molar-refractivity contribution in [2.45, 2.75) is 25.6 Å². The van der Waals surface area contributed by atoms with E-state index >= 15 is 0 Å². The Morgan fingerprint density at radius 3 is 3.11 bits per heavy atom. The van der Waals surface area contributed by atoms with Crippen LogP contribution in [0.3, 0.4) is 0 Å². The molecule has 18 heavy (non-hydrogen) atoms. The van der Waals surface area contributed by atoms with Crippen molar-refractivity contribution >= 4 is 23.3 Å². The molecule has 1 fully saturated rings. The number of para-hydroxylation sites is 2. The van der Waals surface area contributed by atoms with Gasteiger partial charge in [-0.2, -0.15) is 0 Å². The van der Waals surface area contributed by atoms with Crippen LogP contribution >= 0.6 is 12.2 Å².